The van der Waals surface area contributed by atoms with Gasteiger partial charge in [-0.1, -0.05) is 0 Å². The van der Waals surface area contributed by atoms with E-state index in [2.05, 4.69) is 4.98 Å². The van der Waals surface area contributed by atoms with Crippen LogP contribution in [0.25, 0.3) is 11.3 Å². The van der Waals surface area contributed by atoms with E-state index in [1.807, 2.05) is 0 Å². The maximum Gasteiger partial charge on any atom is 0.303 e. The van der Waals surface area contributed by atoms with Crippen molar-refractivity contribution in [3.8, 4) is 17.0 Å². The predicted octanol–water partition coefficient (Wildman–Crippen LogP) is 3.44. The highest BCUT2D eigenvalue weighted by Gasteiger charge is 2.47. The molecule has 1 saturated heterocycles. The summed E-state index contributed by atoms with van der Waals surface area (Å²) in [4.78, 5) is 39.4. The average molecular weight is 478 g/mol. The van der Waals surface area contributed by atoms with E-state index < -0.39 is 41.7 Å². The molecule has 1 fully saturated rings. The quantitative estimate of drug-likeness (QED) is 0.457. The van der Waals surface area contributed by atoms with Gasteiger partial charge in [0, 0.05) is 44.4 Å². The number of rotatable bonds is 6. The molecule has 2 heterocycles. The van der Waals surface area contributed by atoms with Gasteiger partial charge >= 0.3 is 17.9 Å². The Morgan fingerprint density at radius 2 is 1.64 bits per heavy atom. The van der Waals surface area contributed by atoms with Crippen LogP contribution in [0, 0.1) is 12.7 Å². The second-order valence-corrected chi connectivity index (χ2v) is 8.58. The van der Waals surface area contributed by atoms with Crippen molar-refractivity contribution < 1.29 is 37.7 Å². The highest BCUT2D eigenvalue weighted by molar-refractivity contribution is 7.99. The van der Waals surface area contributed by atoms with Gasteiger partial charge in [0.15, 0.2) is 23.7 Å². The Kier molecular flexibility index (Phi) is 7.91. The molecule has 0 spiro atoms. The molecule has 8 nitrogen and oxygen atoms in total. The molecule has 1 aromatic carbocycles. The van der Waals surface area contributed by atoms with Gasteiger partial charge < -0.3 is 18.9 Å². The third-order valence-corrected chi connectivity index (χ3v) is 5.97. The topological polar surface area (TPSA) is 101 Å². The Morgan fingerprint density at radius 1 is 0.970 bits per heavy atom. The molecule has 0 saturated carbocycles. The highest BCUT2D eigenvalue weighted by Crippen LogP contribution is 2.35. The number of carbonyl (C=O) groups excluding carboxylic acids is 3. The van der Waals surface area contributed by atoms with Crippen LogP contribution in [-0.4, -0.2) is 52.4 Å². The summed E-state index contributed by atoms with van der Waals surface area (Å²) in [7, 11) is 0. The van der Waals surface area contributed by atoms with Gasteiger partial charge in [0.1, 0.15) is 11.6 Å². The van der Waals surface area contributed by atoms with Gasteiger partial charge in [0.2, 0.25) is 0 Å². The van der Waals surface area contributed by atoms with Crippen LogP contribution in [0.15, 0.2) is 36.5 Å². The van der Waals surface area contributed by atoms with Gasteiger partial charge in [0.25, 0.3) is 0 Å². The van der Waals surface area contributed by atoms with Gasteiger partial charge in [-0.25, -0.2) is 4.39 Å². The summed E-state index contributed by atoms with van der Waals surface area (Å²) < 4.78 is 35.7. The molecule has 1 aliphatic heterocycles. The predicted molar refractivity (Wildman–Crippen MR) is 118 cm³/mol. The summed E-state index contributed by atoms with van der Waals surface area (Å²) in [6.45, 7) is 5.46. The van der Waals surface area contributed by atoms with Gasteiger partial charge in [-0.15, -0.1) is 11.8 Å². The van der Waals surface area contributed by atoms with Crippen LogP contribution >= 0.6 is 11.8 Å². The Morgan fingerprint density at radius 3 is 2.27 bits per heavy atom. The molecule has 3 rings (SSSR count). The van der Waals surface area contributed by atoms with Crippen molar-refractivity contribution in [1.82, 2.24) is 4.98 Å². The minimum Gasteiger partial charge on any atom is -0.476 e. The second-order valence-electron chi connectivity index (χ2n) is 7.45. The number of aryl methyl sites for hydroxylation is 1. The molecule has 0 bridgehead atoms. The fraction of sp³-hybridized carbons (Fsp3) is 0.391. The van der Waals surface area contributed by atoms with Crippen LogP contribution in [0.3, 0.4) is 0 Å². The minimum absolute atomic E-state index is 0.259. The molecule has 1 aromatic heterocycles. The molecule has 0 amide bonds. The Bertz CT molecular complexity index is 1050. The Labute approximate surface area is 194 Å². The number of carbonyl (C=O) groups is 3. The summed E-state index contributed by atoms with van der Waals surface area (Å²) in [5, 5.41) is 0. The molecule has 2 aromatic rings. The van der Waals surface area contributed by atoms with E-state index in [4.69, 9.17) is 18.9 Å². The number of halogens is 1. The van der Waals surface area contributed by atoms with Crippen molar-refractivity contribution in [2.45, 2.75) is 51.4 Å². The van der Waals surface area contributed by atoms with Crippen molar-refractivity contribution in [2.75, 3.05) is 5.75 Å². The molecule has 4 atom stereocenters. The number of ether oxygens (including phenoxy) is 4. The fourth-order valence-corrected chi connectivity index (χ4v) is 4.71. The first-order valence-electron chi connectivity index (χ1n) is 10.2. The van der Waals surface area contributed by atoms with Crippen LogP contribution in [0.4, 0.5) is 4.39 Å². The van der Waals surface area contributed by atoms with Crippen molar-refractivity contribution in [3.63, 3.8) is 0 Å². The smallest absolute Gasteiger partial charge is 0.303 e. The average Bonchev–Trinajstić information content (AvgIpc) is 2.71. The van der Waals surface area contributed by atoms with Crippen LogP contribution in [0.5, 0.6) is 5.75 Å². The zero-order chi connectivity index (χ0) is 24.1. The number of esters is 3. The van der Waals surface area contributed by atoms with E-state index in [9.17, 15) is 18.8 Å². The molecule has 0 N–H and O–H groups in total. The van der Waals surface area contributed by atoms with E-state index in [-0.39, 0.29) is 11.6 Å². The number of benzene rings is 1. The van der Waals surface area contributed by atoms with Crippen molar-refractivity contribution in [1.29, 1.82) is 0 Å². The number of pyridine rings is 1. The Balaban J connectivity index is 1.88. The lowest BCUT2D eigenvalue weighted by Gasteiger charge is -2.39. The van der Waals surface area contributed by atoms with Gasteiger partial charge in [-0.05, 0) is 36.8 Å². The van der Waals surface area contributed by atoms with Crippen molar-refractivity contribution >= 4 is 29.7 Å². The van der Waals surface area contributed by atoms with Gasteiger partial charge in [0.05, 0.1) is 5.69 Å². The van der Waals surface area contributed by atoms with E-state index >= 15 is 0 Å². The first-order chi connectivity index (χ1) is 15.6. The van der Waals surface area contributed by atoms with E-state index in [1.165, 1.54) is 44.7 Å². The van der Waals surface area contributed by atoms with E-state index in [0.717, 1.165) is 5.56 Å². The highest BCUT2D eigenvalue weighted by atomic mass is 32.2. The van der Waals surface area contributed by atoms with Crippen LogP contribution in [0.1, 0.15) is 26.3 Å². The van der Waals surface area contributed by atoms with Crippen LogP contribution in [0.2, 0.25) is 0 Å². The molecule has 1 aliphatic rings. The van der Waals surface area contributed by atoms with Crippen LogP contribution in [-0.2, 0) is 28.6 Å². The molecule has 1 unspecified atom stereocenters. The first kappa shape index (κ1) is 24.5. The zero-order valence-electron chi connectivity index (χ0n) is 18.6. The number of hydrogen-bond acceptors (Lipinski definition) is 9. The molecule has 0 radical (unpaired) electrons. The summed E-state index contributed by atoms with van der Waals surface area (Å²) >= 11 is 1.26. The number of nitrogens with zero attached hydrogens (tertiary/aromatic N) is 1. The maximum absolute atomic E-state index is 13.5. The van der Waals surface area contributed by atoms with Gasteiger partial charge in [-0.2, -0.15) is 0 Å². The van der Waals surface area contributed by atoms with Crippen LogP contribution < -0.4 is 4.74 Å². The van der Waals surface area contributed by atoms with Crippen molar-refractivity contribution in [2.24, 2.45) is 0 Å². The normalized spacial score (nSPS) is 22.2. The number of aromatic nitrogens is 1. The fourth-order valence-electron chi connectivity index (χ4n) is 3.49. The summed E-state index contributed by atoms with van der Waals surface area (Å²) in [5.74, 6) is -1.43. The lowest BCUT2D eigenvalue weighted by atomic mass is 10.0. The van der Waals surface area contributed by atoms with E-state index in [1.54, 1.807) is 31.3 Å². The standard InChI is InChI=1S/C23H24FNO7S/c1-12-9-16(24)5-6-18(12)19-10-17(7-8-25-19)32-23-22(31-15(4)28)21(30-14(3)27)20(11-33-23)29-13(2)26/h5-10,20-23H,11H2,1-4H3/t20-,21+,22-,23?/m1/s1. The molecular formula is C23H24FNO7S. The van der Waals surface area contributed by atoms with Crippen molar-refractivity contribution in [3.05, 3.63) is 47.9 Å². The molecule has 176 valence electrons. The molecule has 0 aliphatic carbocycles. The lowest BCUT2D eigenvalue weighted by Crippen LogP contribution is -2.55. The third kappa shape index (κ3) is 6.44. The van der Waals surface area contributed by atoms with Gasteiger partial charge in [-0.3, -0.25) is 19.4 Å². The Hall–Kier alpha value is -3.14. The summed E-state index contributed by atoms with van der Waals surface area (Å²) in [5.41, 5.74) is 1.27. The minimum atomic E-state index is -1.04. The molecule has 33 heavy (non-hydrogen) atoms. The zero-order valence-corrected chi connectivity index (χ0v) is 19.4. The summed E-state index contributed by atoms with van der Waals surface area (Å²) in [6, 6.07) is 7.72. The molecule has 10 heteroatoms. The second kappa shape index (κ2) is 10.7. The summed E-state index contributed by atoms with van der Waals surface area (Å²) in [6.07, 6.45) is -1.33. The SMILES string of the molecule is CC(=O)O[C@H]1[C@H](OC(C)=O)CSC(Oc2ccnc(-c3ccc(F)cc3C)c2)[C@@H]1OC(C)=O. The monoisotopic (exact) mass is 477 g/mol. The maximum atomic E-state index is 13.5. The first-order valence-corrected chi connectivity index (χ1v) is 11.2. The number of hydrogen-bond donors (Lipinski definition) is 0. The largest absolute Gasteiger partial charge is 0.476 e. The molecular weight excluding hydrogens is 453 g/mol. The third-order valence-electron chi connectivity index (χ3n) is 4.75. The van der Waals surface area contributed by atoms with E-state index in [0.29, 0.717) is 17.0 Å². The lowest BCUT2D eigenvalue weighted by molar-refractivity contribution is -0.186. The number of thioether (sulfide) groups is 1.